The summed E-state index contributed by atoms with van der Waals surface area (Å²) in [4.78, 5) is 3.87. The van der Waals surface area contributed by atoms with Gasteiger partial charge in [0.05, 0.1) is 5.69 Å². The molecule has 0 aromatic heterocycles. The van der Waals surface area contributed by atoms with Crippen molar-refractivity contribution in [2.45, 2.75) is 13.1 Å². The fraction of sp³-hybridized carbons (Fsp3) is 0.222. The molecule has 0 atom stereocenters. The van der Waals surface area contributed by atoms with Crippen molar-refractivity contribution in [3.8, 4) is 0 Å². The lowest BCUT2D eigenvalue weighted by molar-refractivity contribution is 0.765. The van der Waals surface area contributed by atoms with Gasteiger partial charge in [0.25, 0.3) is 0 Å². The number of benzene rings is 1. The first-order valence-corrected chi connectivity index (χ1v) is 3.69. The van der Waals surface area contributed by atoms with Gasteiger partial charge in [0.15, 0.2) is 0 Å². The monoisotopic (exact) mass is 146 g/mol. The van der Waals surface area contributed by atoms with Crippen molar-refractivity contribution in [2.75, 3.05) is 0 Å². The molecule has 1 aliphatic heterocycles. The molecule has 0 spiro atoms. The largest absolute Gasteiger partial charge is 0.309 e. The Balaban J connectivity index is 2.48. The van der Waals surface area contributed by atoms with Crippen LogP contribution in [-0.4, -0.2) is 6.72 Å². The molecule has 1 aromatic carbocycles. The van der Waals surface area contributed by atoms with Gasteiger partial charge in [-0.05, 0) is 30.0 Å². The zero-order valence-electron chi connectivity index (χ0n) is 6.30. The number of hydrogen-bond acceptors (Lipinski definition) is 2. The van der Waals surface area contributed by atoms with Gasteiger partial charge in [-0.2, -0.15) is 0 Å². The second kappa shape index (κ2) is 2.47. The third-order valence-corrected chi connectivity index (χ3v) is 2.00. The van der Waals surface area contributed by atoms with E-state index in [1.807, 2.05) is 6.07 Å². The summed E-state index contributed by atoms with van der Waals surface area (Å²) in [5, 5.41) is 3.28. The molecular formula is C9H10N2. The number of rotatable bonds is 1. The molecular weight excluding hydrogens is 136 g/mol. The molecule has 1 aromatic rings. The van der Waals surface area contributed by atoms with Gasteiger partial charge in [0.2, 0.25) is 0 Å². The van der Waals surface area contributed by atoms with E-state index in [1.54, 1.807) is 0 Å². The molecule has 56 valence electrons. The molecule has 0 saturated heterocycles. The Bertz CT molecular complexity index is 292. The van der Waals surface area contributed by atoms with Crippen molar-refractivity contribution in [2.24, 2.45) is 4.99 Å². The maximum atomic E-state index is 3.87. The molecule has 1 heterocycles. The Labute approximate surface area is 66.0 Å². The molecule has 0 unspecified atom stereocenters. The minimum absolute atomic E-state index is 0.965. The zero-order valence-corrected chi connectivity index (χ0v) is 6.30. The van der Waals surface area contributed by atoms with Gasteiger partial charge in [0.1, 0.15) is 0 Å². The molecule has 1 N–H and O–H groups in total. The quantitative estimate of drug-likeness (QED) is 0.598. The van der Waals surface area contributed by atoms with Crippen molar-refractivity contribution in [1.29, 1.82) is 0 Å². The van der Waals surface area contributed by atoms with Crippen molar-refractivity contribution in [1.82, 2.24) is 5.32 Å². The van der Waals surface area contributed by atoms with Crippen LogP contribution < -0.4 is 5.32 Å². The average Bonchev–Trinajstić information content (AvgIpc) is 2.50. The SMILES string of the molecule is C=Nc1ccc2c(c1)CNC2. The minimum Gasteiger partial charge on any atom is -0.309 e. The Kier molecular flexibility index (Phi) is 1.47. The fourth-order valence-corrected chi connectivity index (χ4v) is 1.38. The molecule has 0 aliphatic carbocycles. The smallest absolute Gasteiger partial charge is 0.0625 e. The van der Waals surface area contributed by atoms with Crippen LogP contribution >= 0.6 is 0 Å². The number of hydrogen-bond donors (Lipinski definition) is 1. The van der Waals surface area contributed by atoms with E-state index in [1.165, 1.54) is 11.1 Å². The summed E-state index contributed by atoms with van der Waals surface area (Å²) in [6.45, 7) is 5.45. The highest BCUT2D eigenvalue weighted by molar-refractivity contribution is 5.50. The molecule has 11 heavy (non-hydrogen) atoms. The van der Waals surface area contributed by atoms with E-state index in [9.17, 15) is 0 Å². The van der Waals surface area contributed by atoms with E-state index in [0.29, 0.717) is 0 Å². The summed E-state index contributed by atoms with van der Waals surface area (Å²) < 4.78 is 0. The Morgan fingerprint density at radius 1 is 1.27 bits per heavy atom. The van der Waals surface area contributed by atoms with Crippen molar-refractivity contribution < 1.29 is 0 Å². The van der Waals surface area contributed by atoms with Gasteiger partial charge >= 0.3 is 0 Å². The van der Waals surface area contributed by atoms with E-state index >= 15 is 0 Å². The average molecular weight is 146 g/mol. The lowest BCUT2D eigenvalue weighted by Crippen LogP contribution is -1.99. The second-order valence-electron chi connectivity index (χ2n) is 2.71. The summed E-state index contributed by atoms with van der Waals surface area (Å²) >= 11 is 0. The molecule has 2 heteroatoms. The first kappa shape index (κ1) is 6.55. The van der Waals surface area contributed by atoms with E-state index in [4.69, 9.17) is 0 Å². The third-order valence-electron chi connectivity index (χ3n) is 2.00. The van der Waals surface area contributed by atoms with Crippen LogP contribution in [0.2, 0.25) is 0 Å². The van der Waals surface area contributed by atoms with Crippen LogP contribution in [0.5, 0.6) is 0 Å². The molecule has 0 bridgehead atoms. The third kappa shape index (κ3) is 1.05. The standard InChI is InChI=1S/C9H10N2/c1-10-9-3-2-7-5-11-6-8(7)4-9/h2-4,11H,1,5-6H2. The summed E-state index contributed by atoms with van der Waals surface area (Å²) in [6, 6.07) is 6.19. The van der Waals surface area contributed by atoms with Crippen LogP contribution in [-0.2, 0) is 13.1 Å². The van der Waals surface area contributed by atoms with Gasteiger partial charge in [-0.3, -0.25) is 4.99 Å². The minimum atomic E-state index is 0.965. The van der Waals surface area contributed by atoms with Crippen LogP contribution in [0.15, 0.2) is 23.2 Å². The van der Waals surface area contributed by atoms with Crippen LogP contribution in [0, 0.1) is 0 Å². The van der Waals surface area contributed by atoms with Crippen molar-refractivity contribution >= 4 is 12.4 Å². The van der Waals surface area contributed by atoms with Gasteiger partial charge in [-0.15, -0.1) is 0 Å². The summed E-state index contributed by atoms with van der Waals surface area (Å²) in [5.74, 6) is 0. The summed E-state index contributed by atoms with van der Waals surface area (Å²) in [6.07, 6.45) is 0. The maximum absolute atomic E-state index is 3.87. The first-order chi connectivity index (χ1) is 5.40. The van der Waals surface area contributed by atoms with Gasteiger partial charge in [-0.25, -0.2) is 0 Å². The molecule has 2 nitrogen and oxygen atoms in total. The van der Waals surface area contributed by atoms with Gasteiger partial charge in [-0.1, -0.05) is 6.07 Å². The number of nitrogens with zero attached hydrogens (tertiary/aromatic N) is 1. The molecule has 0 fully saturated rings. The van der Waals surface area contributed by atoms with E-state index in [-0.39, 0.29) is 0 Å². The van der Waals surface area contributed by atoms with Crippen LogP contribution in [0.1, 0.15) is 11.1 Å². The van der Waals surface area contributed by atoms with E-state index in [2.05, 4.69) is 29.2 Å². The van der Waals surface area contributed by atoms with Gasteiger partial charge < -0.3 is 5.32 Å². The van der Waals surface area contributed by atoms with Crippen molar-refractivity contribution in [3.05, 3.63) is 29.3 Å². The van der Waals surface area contributed by atoms with Crippen molar-refractivity contribution in [3.63, 3.8) is 0 Å². The highest BCUT2D eigenvalue weighted by Crippen LogP contribution is 2.21. The highest BCUT2D eigenvalue weighted by Gasteiger charge is 2.08. The predicted octanol–water partition coefficient (Wildman–Crippen LogP) is 1.62. The van der Waals surface area contributed by atoms with Crippen LogP contribution in [0.25, 0.3) is 0 Å². The normalized spacial score (nSPS) is 14.5. The Hall–Kier alpha value is -1.15. The molecule has 2 rings (SSSR count). The lowest BCUT2D eigenvalue weighted by atomic mass is 10.1. The van der Waals surface area contributed by atoms with E-state index < -0.39 is 0 Å². The summed E-state index contributed by atoms with van der Waals surface area (Å²) in [7, 11) is 0. The fourth-order valence-electron chi connectivity index (χ4n) is 1.38. The summed E-state index contributed by atoms with van der Waals surface area (Å²) in [5.41, 5.74) is 3.71. The van der Waals surface area contributed by atoms with E-state index in [0.717, 1.165) is 18.8 Å². The predicted molar refractivity (Wildman–Crippen MR) is 46.2 cm³/mol. The number of aliphatic imine (C=N–C) groups is 1. The second-order valence-corrected chi connectivity index (χ2v) is 2.71. The topological polar surface area (TPSA) is 24.4 Å². The highest BCUT2D eigenvalue weighted by atomic mass is 14.9. The molecule has 0 saturated carbocycles. The number of fused-ring (bicyclic) bond motifs is 1. The first-order valence-electron chi connectivity index (χ1n) is 3.69. The zero-order chi connectivity index (χ0) is 7.68. The molecule has 1 aliphatic rings. The molecule has 0 radical (unpaired) electrons. The maximum Gasteiger partial charge on any atom is 0.0625 e. The Morgan fingerprint density at radius 3 is 2.91 bits per heavy atom. The van der Waals surface area contributed by atoms with Gasteiger partial charge in [0, 0.05) is 13.1 Å². The van der Waals surface area contributed by atoms with Crippen LogP contribution in [0.4, 0.5) is 5.69 Å². The Morgan fingerprint density at radius 2 is 2.09 bits per heavy atom. The number of nitrogens with one attached hydrogen (secondary N) is 1. The lowest BCUT2D eigenvalue weighted by Gasteiger charge is -1.97. The van der Waals surface area contributed by atoms with Crippen LogP contribution in [0.3, 0.4) is 0 Å². The molecule has 0 amide bonds.